The van der Waals surface area contributed by atoms with Gasteiger partial charge in [0.15, 0.2) is 0 Å². The van der Waals surface area contributed by atoms with Gasteiger partial charge >= 0.3 is 0 Å². The molecular formula is C12H16BrNO. The number of ether oxygens (including phenoxy) is 1. The molecule has 0 radical (unpaired) electrons. The van der Waals surface area contributed by atoms with Gasteiger partial charge in [-0.05, 0) is 53.4 Å². The van der Waals surface area contributed by atoms with Crippen LogP contribution in [0, 0.1) is 0 Å². The second-order valence-electron chi connectivity index (χ2n) is 4.29. The molecular weight excluding hydrogens is 254 g/mol. The second kappa shape index (κ2) is 3.80. The van der Waals surface area contributed by atoms with Crippen LogP contribution in [0.15, 0.2) is 22.7 Å². The third-order valence-corrected chi connectivity index (χ3v) is 4.04. The number of benzene rings is 1. The minimum absolute atomic E-state index is 0.202. The molecule has 15 heavy (non-hydrogen) atoms. The molecule has 0 spiro atoms. The van der Waals surface area contributed by atoms with Crippen LogP contribution in [-0.2, 0) is 5.41 Å². The van der Waals surface area contributed by atoms with E-state index in [0.29, 0.717) is 0 Å². The molecule has 2 N–H and O–H groups in total. The van der Waals surface area contributed by atoms with Crippen LogP contribution in [0.1, 0.15) is 25.3 Å². The Morgan fingerprint density at radius 3 is 2.60 bits per heavy atom. The first-order chi connectivity index (χ1) is 7.10. The van der Waals surface area contributed by atoms with Crippen molar-refractivity contribution in [3.63, 3.8) is 0 Å². The molecule has 2 nitrogen and oxygen atoms in total. The van der Waals surface area contributed by atoms with Gasteiger partial charge in [0.25, 0.3) is 0 Å². The SMILES string of the molecule is COc1cc(C2(C(C)N)CC2)ccc1Br. The highest BCUT2D eigenvalue weighted by Crippen LogP contribution is 2.51. The van der Waals surface area contributed by atoms with Crippen LogP contribution in [0.2, 0.25) is 0 Å². The number of halogens is 1. The van der Waals surface area contributed by atoms with E-state index in [-0.39, 0.29) is 11.5 Å². The van der Waals surface area contributed by atoms with Crippen molar-refractivity contribution in [1.29, 1.82) is 0 Å². The van der Waals surface area contributed by atoms with Gasteiger partial charge in [0, 0.05) is 11.5 Å². The van der Waals surface area contributed by atoms with Gasteiger partial charge in [-0.2, -0.15) is 0 Å². The summed E-state index contributed by atoms with van der Waals surface area (Å²) in [5, 5.41) is 0. The molecule has 3 heteroatoms. The van der Waals surface area contributed by atoms with Gasteiger partial charge in [-0.3, -0.25) is 0 Å². The maximum absolute atomic E-state index is 6.04. The highest BCUT2D eigenvalue weighted by Gasteiger charge is 2.47. The smallest absolute Gasteiger partial charge is 0.133 e. The maximum atomic E-state index is 6.04. The van der Waals surface area contributed by atoms with E-state index < -0.39 is 0 Å². The number of rotatable bonds is 3. The molecule has 82 valence electrons. The van der Waals surface area contributed by atoms with Gasteiger partial charge in [0.2, 0.25) is 0 Å². The Morgan fingerprint density at radius 2 is 2.13 bits per heavy atom. The molecule has 1 aliphatic rings. The summed E-state index contributed by atoms with van der Waals surface area (Å²) in [5.41, 5.74) is 7.55. The van der Waals surface area contributed by atoms with Crippen LogP contribution in [-0.4, -0.2) is 13.2 Å². The molecule has 1 aromatic carbocycles. The summed E-state index contributed by atoms with van der Waals surface area (Å²) in [6.07, 6.45) is 2.38. The second-order valence-corrected chi connectivity index (χ2v) is 5.15. The predicted octanol–water partition coefficient (Wildman–Crippen LogP) is 2.84. The zero-order valence-corrected chi connectivity index (χ0v) is 10.7. The van der Waals surface area contributed by atoms with Gasteiger partial charge in [0.05, 0.1) is 11.6 Å². The van der Waals surface area contributed by atoms with Crippen molar-refractivity contribution in [2.45, 2.75) is 31.2 Å². The quantitative estimate of drug-likeness (QED) is 0.916. The largest absolute Gasteiger partial charge is 0.496 e. The number of hydrogen-bond acceptors (Lipinski definition) is 2. The van der Waals surface area contributed by atoms with E-state index in [1.165, 1.54) is 18.4 Å². The van der Waals surface area contributed by atoms with Crippen LogP contribution >= 0.6 is 15.9 Å². The lowest BCUT2D eigenvalue weighted by molar-refractivity contribution is 0.410. The van der Waals surface area contributed by atoms with Crippen LogP contribution < -0.4 is 10.5 Å². The Labute approximate surface area is 98.9 Å². The van der Waals surface area contributed by atoms with Crippen molar-refractivity contribution in [2.75, 3.05) is 7.11 Å². The number of hydrogen-bond donors (Lipinski definition) is 1. The summed E-state index contributed by atoms with van der Waals surface area (Å²) >= 11 is 3.46. The standard InChI is InChI=1S/C12H16BrNO/c1-8(14)12(5-6-12)9-3-4-10(13)11(7-9)15-2/h3-4,7-8H,5-6,14H2,1-2H3. The van der Waals surface area contributed by atoms with E-state index in [9.17, 15) is 0 Å². The molecule has 2 rings (SSSR count). The first kappa shape index (κ1) is 11.0. The summed E-state index contributed by atoms with van der Waals surface area (Å²) in [5.74, 6) is 0.888. The number of methoxy groups -OCH3 is 1. The molecule has 0 heterocycles. The van der Waals surface area contributed by atoms with Crippen molar-refractivity contribution in [3.05, 3.63) is 28.2 Å². The molecule has 1 aliphatic carbocycles. The highest BCUT2D eigenvalue weighted by atomic mass is 79.9. The monoisotopic (exact) mass is 269 g/mol. The third-order valence-electron chi connectivity index (χ3n) is 3.39. The molecule has 1 fully saturated rings. The van der Waals surface area contributed by atoms with E-state index in [1.54, 1.807) is 7.11 Å². The van der Waals surface area contributed by atoms with Gasteiger partial charge in [0.1, 0.15) is 5.75 Å². The van der Waals surface area contributed by atoms with E-state index >= 15 is 0 Å². The molecule has 1 saturated carbocycles. The predicted molar refractivity (Wildman–Crippen MR) is 65.3 cm³/mol. The van der Waals surface area contributed by atoms with E-state index in [4.69, 9.17) is 10.5 Å². The zero-order valence-electron chi connectivity index (χ0n) is 9.09. The van der Waals surface area contributed by atoms with Crippen LogP contribution in [0.3, 0.4) is 0 Å². The van der Waals surface area contributed by atoms with E-state index in [1.807, 2.05) is 6.07 Å². The normalized spacial score (nSPS) is 19.7. The lowest BCUT2D eigenvalue weighted by atomic mass is 9.89. The lowest BCUT2D eigenvalue weighted by Crippen LogP contribution is -2.31. The Morgan fingerprint density at radius 1 is 1.47 bits per heavy atom. The Bertz CT molecular complexity index is 372. The third kappa shape index (κ3) is 1.79. The van der Waals surface area contributed by atoms with E-state index in [2.05, 4.69) is 35.0 Å². The summed E-state index contributed by atoms with van der Waals surface area (Å²) in [6.45, 7) is 2.08. The maximum Gasteiger partial charge on any atom is 0.133 e. The summed E-state index contributed by atoms with van der Waals surface area (Å²) in [6, 6.07) is 6.49. The van der Waals surface area contributed by atoms with Crippen molar-refractivity contribution >= 4 is 15.9 Å². The number of nitrogens with two attached hydrogens (primary N) is 1. The average molecular weight is 270 g/mol. The summed E-state index contributed by atoms with van der Waals surface area (Å²) in [7, 11) is 1.69. The minimum Gasteiger partial charge on any atom is -0.496 e. The van der Waals surface area contributed by atoms with Crippen LogP contribution in [0.25, 0.3) is 0 Å². The zero-order chi connectivity index (χ0) is 11.1. The van der Waals surface area contributed by atoms with Crippen molar-refractivity contribution < 1.29 is 4.74 Å². The van der Waals surface area contributed by atoms with Crippen molar-refractivity contribution in [3.8, 4) is 5.75 Å². The van der Waals surface area contributed by atoms with E-state index in [0.717, 1.165) is 10.2 Å². The Balaban J connectivity index is 2.38. The van der Waals surface area contributed by atoms with Gasteiger partial charge in [-0.1, -0.05) is 6.07 Å². The Hall–Kier alpha value is -0.540. The Kier molecular flexibility index (Phi) is 2.77. The van der Waals surface area contributed by atoms with Crippen LogP contribution in [0.5, 0.6) is 5.75 Å². The van der Waals surface area contributed by atoms with Crippen molar-refractivity contribution in [2.24, 2.45) is 5.73 Å². The lowest BCUT2D eigenvalue weighted by Gasteiger charge is -2.21. The van der Waals surface area contributed by atoms with Gasteiger partial charge in [-0.15, -0.1) is 0 Å². The summed E-state index contributed by atoms with van der Waals surface area (Å²) in [4.78, 5) is 0. The summed E-state index contributed by atoms with van der Waals surface area (Å²) < 4.78 is 6.30. The molecule has 0 aromatic heterocycles. The van der Waals surface area contributed by atoms with Gasteiger partial charge < -0.3 is 10.5 Å². The fourth-order valence-electron chi connectivity index (χ4n) is 2.11. The molecule has 0 saturated heterocycles. The average Bonchev–Trinajstić information content (AvgIpc) is 2.99. The van der Waals surface area contributed by atoms with Crippen molar-refractivity contribution in [1.82, 2.24) is 0 Å². The van der Waals surface area contributed by atoms with Gasteiger partial charge in [-0.25, -0.2) is 0 Å². The minimum atomic E-state index is 0.202. The highest BCUT2D eigenvalue weighted by molar-refractivity contribution is 9.10. The first-order valence-electron chi connectivity index (χ1n) is 5.20. The van der Waals surface area contributed by atoms with Crippen LogP contribution in [0.4, 0.5) is 0 Å². The fraction of sp³-hybridized carbons (Fsp3) is 0.500. The molecule has 1 atom stereocenters. The molecule has 0 amide bonds. The topological polar surface area (TPSA) is 35.2 Å². The molecule has 0 bridgehead atoms. The first-order valence-corrected chi connectivity index (χ1v) is 5.99. The molecule has 1 unspecified atom stereocenters. The molecule has 0 aliphatic heterocycles. The fourth-order valence-corrected chi connectivity index (χ4v) is 2.52. The molecule has 1 aromatic rings.